The van der Waals surface area contributed by atoms with Crippen molar-refractivity contribution in [1.82, 2.24) is 14.5 Å². The third-order valence-electron chi connectivity index (χ3n) is 4.88. The number of fused-ring (bicyclic) bond motifs is 1. The molecule has 5 nitrogen and oxygen atoms in total. The molecule has 0 bridgehead atoms. The molecule has 1 aromatic heterocycles. The average molecular weight is 351 g/mol. The molecule has 0 spiro atoms. The van der Waals surface area contributed by atoms with Crippen LogP contribution in [0.2, 0.25) is 0 Å². The molecule has 2 aromatic carbocycles. The normalized spacial score (nSPS) is 12.6. The van der Waals surface area contributed by atoms with E-state index in [9.17, 15) is 9.90 Å². The molecule has 0 aliphatic rings. The van der Waals surface area contributed by atoms with Crippen molar-refractivity contribution >= 4 is 11.0 Å². The van der Waals surface area contributed by atoms with Crippen molar-refractivity contribution in [2.45, 2.75) is 33.4 Å². The van der Waals surface area contributed by atoms with Gasteiger partial charge in [-0.3, -0.25) is 14.3 Å². The lowest BCUT2D eigenvalue weighted by Crippen LogP contribution is -2.38. The van der Waals surface area contributed by atoms with Gasteiger partial charge in [-0.1, -0.05) is 38.1 Å². The van der Waals surface area contributed by atoms with Gasteiger partial charge in [0.2, 0.25) is 0 Å². The highest BCUT2D eigenvalue weighted by Gasteiger charge is 2.19. The number of hydrogen-bond donors (Lipinski definition) is 1. The summed E-state index contributed by atoms with van der Waals surface area (Å²) in [5.74, 6) is 0.216. The van der Waals surface area contributed by atoms with Crippen LogP contribution in [-0.2, 0) is 6.42 Å². The van der Waals surface area contributed by atoms with Gasteiger partial charge in [-0.25, -0.2) is 4.98 Å². The van der Waals surface area contributed by atoms with Crippen LogP contribution in [0.4, 0.5) is 0 Å². The molecule has 26 heavy (non-hydrogen) atoms. The number of aromatic hydroxyl groups is 1. The van der Waals surface area contributed by atoms with E-state index < -0.39 is 0 Å². The second-order valence-corrected chi connectivity index (χ2v) is 6.42. The van der Waals surface area contributed by atoms with Gasteiger partial charge in [0.15, 0.2) is 0 Å². The zero-order chi connectivity index (χ0) is 18.7. The van der Waals surface area contributed by atoms with Gasteiger partial charge in [0, 0.05) is 6.42 Å². The van der Waals surface area contributed by atoms with Gasteiger partial charge in [-0.05, 0) is 49.8 Å². The molecule has 0 aliphatic heterocycles. The molecular weight excluding hydrogens is 326 g/mol. The molecule has 0 saturated heterocycles. The number of rotatable bonds is 6. The van der Waals surface area contributed by atoms with Crippen LogP contribution in [0.1, 0.15) is 38.2 Å². The van der Waals surface area contributed by atoms with Crippen LogP contribution in [0.25, 0.3) is 11.0 Å². The van der Waals surface area contributed by atoms with Gasteiger partial charge < -0.3 is 5.11 Å². The lowest BCUT2D eigenvalue weighted by Gasteiger charge is -2.29. The second-order valence-electron chi connectivity index (χ2n) is 6.42. The number of hydrogen-bond acceptors (Lipinski definition) is 4. The van der Waals surface area contributed by atoms with Gasteiger partial charge >= 0.3 is 0 Å². The maximum atomic E-state index is 13.3. The van der Waals surface area contributed by atoms with Crippen molar-refractivity contribution in [3.05, 3.63) is 70.1 Å². The van der Waals surface area contributed by atoms with Crippen LogP contribution >= 0.6 is 0 Å². The van der Waals surface area contributed by atoms with E-state index in [1.807, 2.05) is 41.0 Å². The smallest absolute Gasteiger partial charge is 0.274 e. The van der Waals surface area contributed by atoms with E-state index in [1.165, 1.54) is 0 Å². The first-order chi connectivity index (χ1) is 12.5. The predicted octanol–water partition coefficient (Wildman–Crippen LogP) is 3.55. The second kappa shape index (κ2) is 7.70. The van der Waals surface area contributed by atoms with Crippen molar-refractivity contribution in [3.63, 3.8) is 0 Å². The fraction of sp³-hybridized carbons (Fsp3) is 0.333. The number of phenols is 1. The van der Waals surface area contributed by atoms with Crippen molar-refractivity contribution < 1.29 is 5.11 Å². The third kappa shape index (κ3) is 3.48. The SMILES string of the molecule is CCN(CC)C(C)n1c(=O)c(Cc2ccc(O)cc2)nc2ccccc21. The topological polar surface area (TPSA) is 58.4 Å². The Labute approximate surface area is 153 Å². The Bertz CT molecular complexity index is 944. The van der Waals surface area contributed by atoms with Crippen LogP contribution < -0.4 is 5.56 Å². The first-order valence-corrected chi connectivity index (χ1v) is 9.07. The number of para-hydroxylation sites is 2. The molecule has 136 valence electrons. The molecule has 0 amide bonds. The lowest BCUT2D eigenvalue weighted by atomic mass is 10.1. The Kier molecular flexibility index (Phi) is 5.38. The van der Waals surface area contributed by atoms with Crippen LogP contribution in [0, 0.1) is 0 Å². The Morgan fingerprint density at radius 2 is 1.73 bits per heavy atom. The summed E-state index contributed by atoms with van der Waals surface area (Å²) in [6, 6.07) is 14.7. The van der Waals surface area contributed by atoms with Crippen molar-refractivity contribution in [2.75, 3.05) is 13.1 Å². The molecule has 5 heteroatoms. The van der Waals surface area contributed by atoms with Crippen LogP contribution in [0.15, 0.2) is 53.3 Å². The third-order valence-corrected chi connectivity index (χ3v) is 4.88. The van der Waals surface area contributed by atoms with E-state index in [0.717, 1.165) is 29.7 Å². The summed E-state index contributed by atoms with van der Waals surface area (Å²) in [6.45, 7) is 8.00. The van der Waals surface area contributed by atoms with E-state index in [1.54, 1.807) is 12.1 Å². The average Bonchev–Trinajstić information content (AvgIpc) is 2.65. The summed E-state index contributed by atoms with van der Waals surface area (Å²) in [6.07, 6.45) is 0.388. The van der Waals surface area contributed by atoms with Gasteiger partial charge in [-0.2, -0.15) is 0 Å². The summed E-state index contributed by atoms with van der Waals surface area (Å²) in [5, 5.41) is 9.46. The zero-order valence-corrected chi connectivity index (χ0v) is 15.5. The molecule has 0 radical (unpaired) electrons. The largest absolute Gasteiger partial charge is 0.508 e. The fourth-order valence-electron chi connectivity index (χ4n) is 3.41. The molecular formula is C21H25N3O2. The highest BCUT2D eigenvalue weighted by molar-refractivity contribution is 5.74. The van der Waals surface area contributed by atoms with E-state index in [2.05, 4.69) is 30.7 Å². The van der Waals surface area contributed by atoms with Crippen molar-refractivity contribution in [3.8, 4) is 5.75 Å². The summed E-state index contributed by atoms with van der Waals surface area (Å²) in [5.41, 5.74) is 3.08. The molecule has 1 N–H and O–H groups in total. The Balaban J connectivity index is 2.14. The highest BCUT2D eigenvalue weighted by Crippen LogP contribution is 2.19. The summed E-state index contributed by atoms with van der Waals surface area (Å²) < 4.78 is 1.85. The molecule has 1 heterocycles. The lowest BCUT2D eigenvalue weighted by molar-refractivity contribution is 0.172. The Morgan fingerprint density at radius 1 is 1.08 bits per heavy atom. The Morgan fingerprint density at radius 3 is 2.38 bits per heavy atom. The molecule has 3 aromatic rings. The first kappa shape index (κ1) is 18.1. The Hall–Kier alpha value is -2.66. The molecule has 1 unspecified atom stereocenters. The predicted molar refractivity (Wildman–Crippen MR) is 105 cm³/mol. The molecule has 3 rings (SSSR count). The van der Waals surface area contributed by atoms with E-state index in [0.29, 0.717) is 12.1 Å². The van der Waals surface area contributed by atoms with Crippen molar-refractivity contribution in [1.29, 1.82) is 0 Å². The molecule has 1 atom stereocenters. The highest BCUT2D eigenvalue weighted by atomic mass is 16.3. The van der Waals surface area contributed by atoms with Gasteiger partial charge in [0.05, 0.1) is 17.2 Å². The molecule has 0 saturated carbocycles. The van der Waals surface area contributed by atoms with Gasteiger partial charge in [0.1, 0.15) is 11.4 Å². The summed E-state index contributed by atoms with van der Waals surface area (Å²) in [4.78, 5) is 20.1. The number of phenolic OH excluding ortho intramolecular Hbond substituents is 1. The molecule has 0 fully saturated rings. The monoisotopic (exact) mass is 351 g/mol. The van der Waals surface area contributed by atoms with Crippen LogP contribution in [0.5, 0.6) is 5.75 Å². The molecule has 0 aliphatic carbocycles. The minimum Gasteiger partial charge on any atom is -0.508 e. The first-order valence-electron chi connectivity index (χ1n) is 9.07. The van der Waals surface area contributed by atoms with Gasteiger partial charge in [0.25, 0.3) is 5.56 Å². The summed E-state index contributed by atoms with van der Waals surface area (Å²) >= 11 is 0. The fourth-order valence-corrected chi connectivity index (χ4v) is 3.41. The number of benzene rings is 2. The van der Waals surface area contributed by atoms with E-state index in [4.69, 9.17) is 0 Å². The van der Waals surface area contributed by atoms with E-state index in [-0.39, 0.29) is 17.5 Å². The van der Waals surface area contributed by atoms with E-state index >= 15 is 0 Å². The number of aromatic nitrogens is 2. The van der Waals surface area contributed by atoms with Crippen LogP contribution in [-0.4, -0.2) is 32.6 Å². The minimum atomic E-state index is -0.0591. The maximum absolute atomic E-state index is 13.3. The zero-order valence-electron chi connectivity index (χ0n) is 15.5. The quantitative estimate of drug-likeness (QED) is 0.738. The standard InChI is InChI=1S/C21H25N3O2/c1-4-23(5-2)15(3)24-20-9-7-6-8-18(20)22-19(21(24)26)14-16-10-12-17(25)13-11-16/h6-13,15,25H,4-5,14H2,1-3H3. The minimum absolute atomic E-state index is 0.0519. The maximum Gasteiger partial charge on any atom is 0.274 e. The van der Waals surface area contributed by atoms with Crippen molar-refractivity contribution in [2.24, 2.45) is 0 Å². The number of nitrogens with zero attached hydrogens (tertiary/aromatic N) is 3. The van der Waals surface area contributed by atoms with Gasteiger partial charge in [-0.15, -0.1) is 0 Å². The van der Waals surface area contributed by atoms with Crippen LogP contribution in [0.3, 0.4) is 0 Å². The summed E-state index contributed by atoms with van der Waals surface area (Å²) in [7, 11) is 0.